The minimum absolute atomic E-state index is 0.0545. The number of hydrogen-bond acceptors (Lipinski definition) is 3. The van der Waals surface area contributed by atoms with E-state index >= 15 is 0 Å². The third-order valence-corrected chi connectivity index (χ3v) is 3.03. The van der Waals surface area contributed by atoms with Gasteiger partial charge in [-0.25, -0.2) is 4.39 Å². The summed E-state index contributed by atoms with van der Waals surface area (Å²) in [6.07, 6.45) is 0. The van der Waals surface area contributed by atoms with Crippen molar-refractivity contribution in [3.05, 3.63) is 69.5 Å². The number of anilines is 1. The fourth-order valence-electron chi connectivity index (χ4n) is 2.04. The summed E-state index contributed by atoms with van der Waals surface area (Å²) in [5.41, 5.74) is 2.45. The summed E-state index contributed by atoms with van der Waals surface area (Å²) in [5.74, 6) is -0.285. The highest BCUT2D eigenvalue weighted by atomic mass is 19.1. The van der Waals surface area contributed by atoms with Crippen molar-refractivity contribution in [1.82, 2.24) is 0 Å². The largest absolute Gasteiger partial charge is 0.378 e. The molecule has 0 saturated heterocycles. The van der Waals surface area contributed by atoms with Gasteiger partial charge in [0, 0.05) is 23.9 Å². The van der Waals surface area contributed by atoms with E-state index in [0.717, 1.165) is 11.1 Å². The molecule has 1 atom stereocenters. The third-order valence-electron chi connectivity index (χ3n) is 3.03. The van der Waals surface area contributed by atoms with Crippen LogP contribution in [0.1, 0.15) is 24.1 Å². The van der Waals surface area contributed by atoms with E-state index in [1.165, 1.54) is 24.3 Å². The monoisotopic (exact) mass is 274 g/mol. The fourth-order valence-corrected chi connectivity index (χ4v) is 2.04. The molecule has 0 aliphatic carbocycles. The lowest BCUT2D eigenvalue weighted by Crippen LogP contribution is -2.07. The summed E-state index contributed by atoms with van der Waals surface area (Å²) in [5, 5.41) is 14.0. The molecule has 0 fully saturated rings. The van der Waals surface area contributed by atoms with Crippen molar-refractivity contribution in [1.29, 1.82) is 0 Å². The molecule has 2 rings (SSSR count). The summed E-state index contributed by atoms with van der Waals surface area (Å²) >= 11 is 0. The Hall–Kier alpha value is -2.43. The molecule has 5 heteroatoms. The van der Waals surface area contributed by atoms with Crippen LogP contribution in [0.4, 0.5) is 15.8 Å². The topological polar surface area (TPSA) is 55.2 Å². The fraction of sp³-hybridized carbons (Fsp3) is 0.200. The number of non-ortho nitro benzene ring substituents is 1. The molecule has 0 radical (unpaired) electrons. The minimum Gasteiger partial charge on any atom is -0.378 e. The van der Waals surface area contributed by atoms with Gasteiger partial charge >= 0.3 is 0 Å². The molecule has 0 aliphatic heterocycles. The van der Waals surface area contributed by atoms with Crippen LogP contribution in [0.3, 0.4) is 0 Å². The number of nitro benzene ring substituents is 1. The van der Waals surface area contributed by atoms with Crippen LogP contribution in [0.15, 0.2) is 42.5 Å². The number of benzene rings is 2. The van der Waals surface area contributed by atoms with Crippen LogP contribution >= 0.6 is 0 Å². The first-order valence-corrected chi connectivity index (χ1v) is 6.24. The SMILES string of the molecule is Cc1cc(NC(C)c2ccc(F)cc2)cc([N+](=O)[O-])c1. The Bertz CT molecular complexity index is 626. The molecule has 4 nitrogen and oxygen atoms in total. The molecule has 0 heterocycles. The number of aryl methyl sites for hydroxylation is 1. The Kier molecular flexibility index (Phi) is 3.98. The minimum atomic E-state index is -0.416. The third kappa shape index (κ3) is 3.32. The van der Waals surface area contributed by atoms with E-state index in [0.29, 0.717) is 5.69 Å². The van der Waals surface area contributed by atoms with Crippen molar-refractivity contribution in [3.8, 4) is 0 Å². The van der Waals surface area contributed by atoms with Crippen LogP contribution in [-0.4, -0.2) is 4.92 Å². The Balaban J connectivity index is 2.21. The van der Waals surface area contributed by atoms with Gasteiger partial charge in [0.05, 0.1) is 4.92 Å². The number of halogens is 1. The van der Waals surface area contributed by atoms with Crippen molar-refractivity contribution in [2.75, 3.05) is 5.32 Å². The number of hydrogen-bond donors (Lipinski definition) is 1. The van der Waals surface area contributed by atoms with Crippen LogP contribution in [0.5, 0.6) is 0 Å². The van der Waals surface area contributed by atoms with E-state index in [4.69, 9.17) is 0 Å². The van der Waals surface area contributed by atoms with Gasteiger partial charge in [-0.05, 0) is 43.2 Å². The van der Waals surface area contributed by atoms with Crippen molar-refractivity contribution >= 4 is 11.4 Å². The first-order chi connectivity index (χ1) is 9.45. The average molecular weight is 274 g/mol. The molecule has 0 bridgehead atoms. The standard InChI is InChI=1S/C15H15FN2O2/c1-10-7-14(9-15(8-10)18(19)20)17-11(2)12-3-5-13(16)6-4-12/h3-9,11,17H,1-2H3. The van der Waals surface area contributed by atoms with E-state index in [9.17, 15) is 14.5 Å². The first kappa shape index (κ1) is 14.0. The van der Waals surface area contributed by atoms with Crippen molar-refractivity contribution in [2.45, 2.75) is 19.9 Å². The van der Waals surface area contributed by atoms with E-state index < -0.39 is 4.92 Å². The molecule has 20 heavy (non-hydrogen) atoms. The van der Waals surface area contributed by atoms with E-state index in [2.05, 4.69) is 5.32 Å². The maximum absolute atomic E-state index is 12.9. The first-order valence-electron chi connectivity index (χ1n) is 6.24. The summed E-state index contributed by atoms with van der Waals surface area (Å²) < 4.78 is 12.9. The zero-order valence-corrected chi connectivity index (χ0v) is 11.3. The second-order valence-electron chi connectivity index (χ2n) is 4.73. The zero-order valence-electron chi connectivity index (χ0n) is 11.3. The molecule has 0 spiro atoms. The lowest BCUT2D eigenvalue weighted by molar-refractivity contribution is -0.384. The smallest absolute Gasteiger partial charge is 0.271 e. The summed E-state index contributed by atoms with van der Waals surface area (Å²) in [6.45, 7) is 3.72. The number of nitrogens with zero attached hydrogens (tertiary/aromatic N) is 1. The zero-order chi connectivity index (χ0) is 14.7. The highest BCUT2D eigenvalue weighted by Gasteiger charge is 2.11. The van der Waals surface area contributed by atoms with Crippen molar-refractivity contribution in [2.24, 2.45) is 0 Å². The Morgan fingerprint density at radius 3 is 2.45 bits per heavy atom. The number of nitrogens with one attached hydrogen (secondary N) is 1. The molecule has 1 unspecified atom stereocenters. The van der Waals surface area contributed by atoms with E-state index in [-0.39, 0.29) is 17.5 Å². The quantitative estimate of drug-likeness (QED) is 0.671. The van der Waals surface area contributed by atoms with E-state index in [1.54, 1.807) is 19.1 Å². The molecule has 0 amide bonds. The predicted molar refractivity (Wildman–Crippen MR) is 76.3 cm³/mol. The van der Waals surface area contributed by atoms with Crippen molar-refractivity contribution in [3.63, 3.8) is 0 Å². The average Bonchev–Trinajstić information content (AvgIpc) is 2.38. The van der Waals surface area contributed by atoms with Gasteiger partial charge in [0.15, 0.2) is 0 Å². The van der Waals surface area contributed by atoms with Crippen LogP contribution in [-0.2, 0) is 0 Å². The lowest BCUT2D eigenvalue weighted by atomic mass is 10.1. The van der Waals surface area contributed by atoms with Crippen LogP contribution in [0.2, 0.25) is 0 Å². The molecule has 0 aromatic heterocycles. The number of rotatable bonds is 4. The van der Waals surface area contributed by atoms with Gasteiger partial charge in [-0.3, -0.25) is 10.1 Å². The van der Waals surface area contributed by atoms with Gasteiger partial charge in [0.1, 0.15) is 5.82 Å². The molecule has 2 aromatic rings. The molecule has 2 aromatic carbocycles. The maximum atomic E-state index is 12.9. The lowest BCUT2D eigenvalue weighted by Gasteiger charge is -2.16. The van der Waals surface area contributed by atoms with Gasteiger partial charge < -0.3 is 5.32 Å². The molecule has 0 aliphatic rings. The highest BCUT2D eigenvalue weighted by Crippen LogP contribution is 2.24. The highest BCUT2D eigenvalue weighted by molar-refractivity contribution is 5.54. The number of nitro groups is 1. The normalized spacial score (nSPS) is 11.9. The summed E-state index contributed by atoms with van der Waals surface area (Å²) in [4.78, 5) is 10.4. The second kappa shape index (κ2) is 5.69. The van der Waals surface area contributed by atoms with Gasteiger partial charge in [0.2, 0.25) is 0 Å². The predicted octanol–water partition coefficient (Wildman–Crippen LogP) is 4.22. The maximum Gasteiger partial charge on any atom is 0.271 e. The van der Waals surface area contributed by atoms with Crippen LogP contribution in [0.25, 0.3) is 0 Å². The molecular weight excluding hydrogens is 259 g/mol. The van der Waals surface area contributed by atoms with Crippen molar-refractivity contribution < 1.29 is 9.31 Å². The van der Waals surface area contributed by atoms with Gasteiger partial charge in [-0.2, -0.15) is 0 Å². The van der Waals surface area contributed by atoms with Gasteiger partial charge in [-0.1, -0.05) is 12.1 Å². The van der Waals surface area contributed by atoms with Gasteiger partial charge in [-0.15, -0.1) is 0 Å². The second-order valence-corrected chi connectivity index (χ2v) is 4.73. The Morgan fingerprint density at radius 1 is 1.20 bits per heavy atom. The van der Waals surface area contributed by atoms with Crippen LogP contribution in [0, 0.1) is 22.9 Å². The van der Waals surface area contributed by atoms with E-state index in [1.807, 2.05) is 13.0 Å². The summed E-state index contributed by atoms with van der Waals surface area (Å²) in [6, 6.07) is 11.0. The molecule has 104 valence electrons. The molecular formula is C15H15FN2O2. The Labute approximate surface area is 116 Å². The molecule has 1 N–H and O–H groups in total. The van der Waals surface area contributed by atoms with Crippen LogP contribution < -0.4 is 5.32 Å². The Morgan fingerprint density at radius 2 is 1.85 bits per heavy atom. The molecule has 0 saturated carbocycles. The summed E-state index contributed by atoms with van der Waals surface area (Å²) in [7, 11) is 0. The van der Waals surface area contributed by atoms with Gasteiger partial charge in [0.25, 0.3) is 5.69 Å².